The predicted molar refractivity (Wildman–Crippen MR) is 154 cm³/mol. The number of aryl methyl sites for hydroxylation is 1. The average molecular weight is 549 g/mol. The van der Waals surface area contributed by atoms with Crippen LogP contribution in [0.2, 0.25) is 5.02 Å². The minimum absolute atomic E-state index is 0.00569. The van der Waals surface area contributed by atoms with Crippen LogP contribution < -0.4 is 4.74 Å². The lowest BCUT2D eigenvalue weighted by molar-refractivity contribution is 0.0457. The van der Waals surface area contributed by atoms with Crippen LogP contribution in [0, 0.1) is 6.92 Å². The topological polar surface area (TPSA) is 71.8 Å². The highest BCUT2D eigenvalue weighted by atomic mass is 35.5. The Balaban J connectivity index is 1.74. The van der Waals surface area contributed by atoms with Gasteiger partial charge in [0.1, 0.15) is 5.75 Å². The molecule has 5 rings (SSSR count). The molecule has 1 aromatic heterocycles. The molecule has 1 fully saturated rings. The van der Waals surface area contributed by atoms with Crippen LogP contribution in [0.4, 0.5) is 0 Å². The van der Waals surface area contributed by atoms with Gasteiger partial charge in [0.15, 0.2) is 5.78 Å². The molecule has 6 nitrogen and oxygen atoms in total. The van der Waals surface area contributed by atoms with Crippen molar-refractivity contribution in [2.24, 2.45) is 0 Å². The van der Waals surface area contributed by atoms with E-state index in [0.717, 1.165) is 40.9 Å². The zero-order valence-electron chi connectivity index (χ0n) is 23.3. The molecule has 206 valence electrons. The number of benzene rings is 2. The molecule has 1 unspecified atom stereocenters. The molecule has 1 atom stereocenters. The molecule has 0 bridgehead atoms. The number of carbonyl (C=O) groups excluding carboxylic acids is 2. The molecule has 39 heavy (non-hydrogen) atoms. The van der Waals surface area contributed by atoms with Crippen molar-refractivity contribution in [3.63, 3.8) is 0 Å². The molecule has 1 saturated carbocycles. The van der Waals surface area contributed by atoms with E-state index >= 15 is 0 Å². The Bertz CT molecular complexity index is 1420. The van der Waals surface area contributed by atoms with Gasteiger partial charge in [0.25, 0.3) is 5.91 Å². The number of carbonyl (C=O) groups is 2. The fourth-order valence-electron chi connectivity index (χ4n) is 6.38. The lowest BCUT2D eigenvalue weighted by atomic mass is 9.90. The monoisotopic (exact) mass is 548 g/mol. The Hall–Kier alpha value is -3.09. The first kappa shape index (κ1) is 27.5. The molecule has 2 heterocycles. The highest BCUT2D eigenvalue weighted by Crippen LogP contribution is 2.48. The summed E-state index contributed by atoms with van der Waals surface area (Å²) in [5, 5.41) is 10.8. The summed E-state index contributed by atoms with van der Waals surface area (Å²) in [6.07, 6.45) is 3.02. The number of aromatic nitrogens is 1. The fourth-order valence-corrected chi connectivity index (χ4v) is 6.61. The Morgan fingerprint density at radius 2 is 1.79 bits per heavy atom. The molecule has 1 aliphatic carbocycles. The maximum absolute atomic E-state index is 14.3. The van der Waals surface area contributed by atoms with Crippen LogP contribution >= 0.6 is 11.6 Å². The number of fused-ring (bicyclic) bond motifs is 1. The fraction of sp³-hybridized carbons (Fsp3) is 0.438. The van der Waals surface area contributed by atoms with Gasteiger partial charge < -0.3 is 19.3 Å². The summed E-state index contributed by atoms with van der Waals surface area (Å²) < 4.78 is 7.98. The number of Topliss-reactive ketones (excluding diaryl/α,β-unsaturated/α-hetero) is 1. The van der Waals surface area contributed by atoms with Crippen molar-refractivity contribution >= 4 is 23.3 Å². The molecule has 2 aromatic carbocycles. The van der Waals surface area contributed by atoms with Crippen LogP contribution in [-0.4, -0.2) is 45.5 Å². The molecular weight excluding hydrogens is 512 g/mol. The normalized spacial score (nSPS) is 21.0. The summed E-state index contributed by atoms with van der Waals surface area (Å²) in [4.78, 5) is 28.9. The lowest BCUT2D eigenvalue weighted by Gasteiger charge is -2.38. The number of rotatable bonds is 7. The second-order valence-corrected chi connectivity index (χ2v) is 11.5. The molecule has 1 amide bonds. The standard InChI is InChI=1S/C32H37ClN2O4/c1-6-28(37)20-7-14-29(39-5)25(16-20)27-17-26-31(34(27)18(2)3)30(24-13-8-21(33)15-19(24)4)35(32(26)38)22-9-11-23(36)12-10-22/h7-8,13-18,22-23,30,36H,6,9-12H2,1-5H3. The third-order valence-electron chi connectivity index (χ3n) is 8.30. The SMILES string of the molecule is CCC(=O)c1ccc(OC)c(-c2cc3c(n2C(C)C)C(c2ccc(Cl)cc2C)N(C2CCC(O)CC2)C3=O)c1. The number of hydrogen-bond donors (Lipinski definition) is 1. The van der Waals surface area contributed by atoms with Crippen LogP contribution in [0.3, 0.4) is 0 Å². The summed E-state index contributed by atoms with van der Waals surface area (Å²) in [6.45, 7) is 8.13. The molecular formula is C32H37ClN2O4. The van der Waals surface area contributed by atoms with E-state index in [4.69, 9.17) is 16.3 Å². The molecule has 0 radical (unpaired) electrons. The summed E-state index contributed by atoms with van der Waals surface area (Å²) in [6, 6.07) is 13.2. The molecule has 1 aliphatic heterocycles. The van der Waals surface area contributed by atoms with Gasteiger partial charge >= 0.3 is 0 Å². The Morgan fingerprint density at radius 1 is 1.08 bits per heavy atom. The minimum atomic E-state index is -0.307. The summed E-state index contributed by atoms with van der Waals surface area (Å²) >= 11 is 6.35. The number of nitrogens with zero attached hydrogens (tertiary/aromatic N) is 2. The highest BCUT2D eigenvalue weighted by molar-refractivity contribution is 6.30. The van der Waals surface area contributed by atoms with Gasteiger partial charge in [-0.15, -0.1) is 0 Å². The van der Waals surface area contributed by atoms with Crippen molar-refractivity contribution < 1.29 is 19.4 Å². The van der Waals surface area contributed by atoms with E-state index in [1.54, 1.807) is 13.2 Å². The molecule has 7 heteroatoms. The number of aliphatic hydroxyl groups excluding tert-OH is 1. The molecule has 1 N–H and O–H groups in total. The van der Waals surface area contributed by atoms with E-state index in [9.17, 15) is 14.7 Å². The van der Waals surface area contributed by atoms with Crippen molar-refractivity contribution in [2.75, 3.05) is 7.11 Å². The molecule has 3 aromatic rings. The number of ketones is 1. The van der Waals surface area contributed by atoms with Gasteiger partial charge in [-0.1, -0.05) is 24.6 Å². The quantitative estimate of drug-likeness (QED) is 0.318. The van der Waals surface area contributed by atoms with Gasteiger partial charge in [-0.3, -0.25) is 9.59 Å². The zero-order chi connectivity index (χ0) is 28.0. The van der Waals surface area contributed by atoms with Crippen molar-refractivity contribution in [3.8, 4) is 17.0 Å². The summed E-state index contributed by atoms with van der Waals surface area (Å²) in [5.41, 5.74) is 6.00. The van der Waals surface area contributed by atoms with Crippen molar-refractivity contribution in [2.45, 2.75) is 84.0 Å². The van der Waals surface area contributed by atoms with Gasteiger partial charge in [-0.05, 0) is 94.0 Å². The highest BCUT2D eigenvalue weighted by Gasteiger charge is 2.46. The van der Waals surface area contributed by atoms with Crippen molar-refractivity contribution in [1.29, 1.82) is 0 Å². The van der Waals surface area contributed by atoms with Gasteiger partial charge in [-0.2, -0.15) is 0 Å². The third kappa shape index (κ3) is 4.78. The van der Waals surface area contributed by atoms with Gasteiger partial charge in [-0.25, -0.2) is 0 Å². The maximum atomic E-state index is 14.3. The second-order valence-electron chi connectivity index (χ2n) is 11.1. The van der Waals surface area contributed by atoms with Crippen molar-refractivity contribution in [3.05, 3.63) is 75.4 Å². The Morgan fingerprint density at radius 3 is 2.41 bits per heavy atom. The van der Waals surface area contributed by atoms with Crippen LogP contribution in [0.5, 0.6) is 5.75 Å². The van der Waals surface area contributed by atoms with Gasteiger partial charge in [0.2, 0.25) is 0 Å². The maximum Gasteiger partial charge on any atom is 0.256 e. The number of aliphatic hydroxyl groups is 1. The lowest BCUT2D eigenvalue weighted by Crippen LogP contribution is -2.42. The van der Waals surface area contributed by atoms with Crippen LogP contribution in [0.1, 0.15) is 102 Å². The first-order valence-electron chi connectivity index (χ1n) is 13.9. The zero-order valence-corrected chi connectivity index (χ0v) is 24.1. The number of ether oxygens (including phenoxy) is 1. The van der Waals surface area contributed by atoms with Gasteiger partial charge in [0.05, 0.1) is 36.2 Å². The largest absolute Gasteiger partial charge is 0.496 e. The summed E-state index contributed by atoms with van der Waals surface area (Å²) in [5.74, 6) is 0.724. The number of amides is 1. The number of hydrogen-bond acceptors (Lipinski definition) is 4. The van der Waals surface area contributed by atoms with Crippen LogP contribution in [0.15, 0.2) is 42.5 Å². The van der Waals surface area contributed by atoms with Crippen LogP contribution in [0.25, 0.3) is 11.3 Å². The van der Waals surface area contributed by atoms with E-state index in [-0.39, 0.29) is 35.9 Å². The molecule has 0 saturated heterocycles. The molecule has 0 spiro atoms. The van der Waals surface area contributed by atoms with E-state index in [0.29, 0.717) is 41.2 Å². The number of halogens is 1. The number of methoxy groups -OCH3 is 1. The second kappa shape index (κ2) is 10.8. The van der Waals surface area contributed by atoms with E-state index in [1.807, 2.05) is 55.1 Å². The van der Waals surface area contributed by atoms with E-state index in [1.165, 1.54) is 0 Å². The average Bonchev–Trinajstić information content (AvgIpc) is 3.44. The third-order valence-corrected chi connectivity index (χ3v) is 8.53. The Kier molecular flexibility index (Phi) is 7.62. The first-order chi connectivity index (χ1) is 18.7. The molecule has 2 aliphatic rings. The summed E-state index contributed by atoms with van der Waals surface area (Å²) in [7, 11) is 1.63. The Labute approximate surface area is 235 Å². The minimum Gasteiger partial charge on any atom is -0.496 e. The van der Waals surface area contributed by atoms with Crippen molar-refractivity contribution in [1.82, 2.24) is 9.47 Å². The van der Waals surface area contributed by atoms with Gasteiger partial charge in [0, 0.05) is 34.7 Å². The first-order valence-corrected chi connectivity index (χ1v) is 14.3. The van der Waals surface area contributed by atoms with Crippen LogP contribution in [-0.2, 0) is 0 Å². The van der Waals surface area contributed by atoms with E-state index < -0.39 is 0 Å². The smallest absolute Gasteiger partial charge is 0.256 e. The predicted octanol–water partition coefficient (Wildman–Crippen LogP) is 7.15. The van der Waals surface area contributed by atoms with E-state index in [2.05, 4.69) is 18.4 Å².